The smallest absolute Gasteiger partial charge is 0.182 e. The number of nitrogens with zero attached hydrogens (tertiary/aromatic N) is 5. The molecule has 2 N–H and O–H groups in total. The van der Waals surface area contributed by atoms with Crippen molar-refractivity contribution in [1.29, 1.82) is 0 Å². The van der Waals surface area contributed by atoms with Gasteiger partial charge < -0.3 is 24.2 Å². The molecule has 3 aromatic rings. The van der Waals surface area contributed by atoms with Gasteiger partial charge in [0, 0.05) is 42.4 Å². The molecule has 0 spiro atoms. The minimum absolute atomic E-state index is 0.0614. The third kappa shape index (κ3) is 15.1. The molecular weight excluding hydrogens is 558 g/mol. The molecule has 4 heterocycles. The Balaban J connectivity index is 0.00000173. The van der Waals surface area contributed by atoms with Crippen LogP contribution in [0.15, 0.2) is 53.6 Å². The number of likely N-dealkylation sites (N-methyl/N-ethyl adjacent to an activating group) is 3. The van der Waals surface area contributed by atoms with E-state index in [1.165, 1.54) is 17.7 Å². The quantitative estimate of drug-likeness (QED) is 0.290. The Morgan fingerprint density at radius 2 is 1.31 bits per heavy atom. The maximum Gasteiger partial charge on any atom is 0.182 e. The SMILES string of the molecule is CC.CC.CCC.CCC.CCN(CC[NH+](C)C)c1ccnc(-c2cc(=O)cc(-c3cc(N4CC[N+](C)(C)CC4)ccn3)[nH]2)c1. The molecule has 3 aromatic heterocycles. The molecule has 8 nitrogen and oxygen atoms in total. The first kappa shape index (κ1) is 41.8. The molecule has 0 aliphatic carbocycles. The largest absolute Gasteiger partial charge is 0.366 e. The molecule has 254 valence electrons. The van der Waals surface area contributed by atoms with Gasteiger partial charge in [0.2, 0.25) is 0 Å². The second-order valence-electron chi connectivity index (χ2n) is 11.8. The number of H-pyrrole nitrogens is 1. The van der Waals surface area contributed by atoms with E-state index >= 15 is 0 Å². The third-order valence-electron chi connectivity index (χ3n) is 6.83. The van der Waals surface area contributed by atoms with Crippen LogP contribution < -0.4 is 20.1 Å². The number of rotatable bonds is 8. The monoisotopic (exact) mass is 626 g/mol. The summed E-state index contributed by atoms with van der Waals surface area (Å²) < 4.78 is 1.04. The Hall–Kier alpha value is -3.23. The number of aromatic nitrogens is 3. The average Bonchev–Trinajstić information content (AvgIpc) is 3.04. The zero-order valence-corrected chi connectivity index (χ0v) is 31.1. The molecule has 0 bridgehead atoms. The molecule has 0 amide bonds. The maximum absolute atomic E-state index is 12.7. The number of hydrogen-bond acceptors (Lipinski definition) is 5. The zero-order chi connectivity index (χ0) is 34.4. The fraction of sp³-hybridized carbons (Fsp3) is 0.595. The lowest BCUT2D eigenvalue weighted by Crippen LogP contribution is -3.06. The molecule has 1 fully saturated rings. The second-order valence-corrected chi connectivity index (χ2v) is 11.8. The van der Waals surface area contributed by atoms with E-state index < -0.39 is 0 Å². The van der Waals surface area contributed by atoms with Crippen molar-refractivity contribution in [1.82, 2.24) is 15.0 Å². The molecule has 45 heavy (non-hydrogen) atoms. The first-order valence-corrected chi connectivity index (χ1v) is 17.3. The van der Waals surface area contributed by atoms with E-state index in [-0.39, 0.29) is 5.43 Å². The highest BCUT2D eigenvalue weighted by Gasteiger charge is 2.24. The predicted molar refractivity (Wildman–Crippen MR) is 198 cm³/mol. The molecule has 0 radical (unpaired) electrons. The van der Waals surface area contributed by atoms with E-state index in [4.69, 9.17) is 0 Å². The zero-order valence-electron chi connectivity index (χ0n) is 31.1. The number of anilines is 2. The summed E-state index contributed by atoms with van der Waals surface area (Å²) in [5, 5.41) is 0. The second kappa shape index (κ2) is 23.2. The summed E-state index contributed by atoms with van der Waals surface area (Å²) in [5.41, 5.74) is 5.12. The van der Waals surface area contributed by atoms with Gasteiger partial charge in [0.05, 0.1) is 90.2 Å². The van der Waals surface area contributed by atoms with E-state index in [1.54, 1.807) is 12.1 Å². The van der Waals surface area contributed by atoms with E-state index in [0.717, 1.165) is 73.1 Å². The third-order valence-corrected chi connectivity index (χ3v) is 6.83. The Labute approximate surface area is 276 Å². The number of hydrogen-bond donors (Lipinski definition) is 2. The molecule has 0 unspecified atom stereocenters. The van der Waals surface area contributed by atoms with Crippen LogP contribution in [-0.2, 0) is 0 Å². The van der Waals surface area contributed by atoms with Gasteiger partial charge in [0.1, 0.15) is 0 Å². The van der Waals surface area contributed by atoms with Crippen LogP contribution in [-0.4, -0.2) is 93.4 Å². The van der Waals surface area contributed by atoms with Crippen LogP contribution in [0.4, 0.5) is 11.4 Å². The standard InChI is InChI=1S/C27H37N7O.2C3H8.2C2H6/c1-6-32(12-11-31(2)3)21-7-9-28-24(17-21)26-19-23(35)20-27(30-26)25-18-22(8-10-29-25)33-13-15-34(4,5)16-14-33;2*1-3-2;2*1-2/h7-10,17-20H,6,11-16H2,1-5H3;2*3H2,1-2H3;2*1-2H3/p+2. The Bertz CT molecular complexity index is 1160. The molecule has 1 aliphatic heterocycles. The number of nitrogens with one attached hydrogen (secondary N) is 2. The van der Waals surface area contributed by atoms with Crippen molar-refractivity contribution in [3.63, 3.8) is 0 Å². The summed E-state index contributed by atoms with van der Waals surface area (Å²) in [4.78, 5) is 31.4. The Kier molecular flexibility index (Phi) is 21.5. The average molecular weight is 626 g/mol. The van der Waals surface area contributed by atoms with Gasteiger partial charge in [-0.3, -0.25) is 14.8 Å². The fourth-order valence-corrected chi connectivity index (χ4v) is 4.44. The van der Waals surface area contributed by atoms with Crippen molar-refractivity contribution < 1.29 is 9.38 Å². The number of piperazine rings is 1. The molecule has 1 aliphatic rings. The lowest BCUT2D eigenvalue weighted by Gasteiger charge is -2.40. The maximum atomic E-state index is 12.7. The van der Waals surface area contributed by atoms with E-state index in [2.05, 4.69) is 106 Å². The summed E-state index contributed by atoms with van der Waals surface area (Å²) in [6.45, 7) is 25.8. The number of aromatic amines is 1. The topological polar surface area (TPSA) is 69.6 Å². The van der Waals surface area contributed by atoms with Gasteiger partial charge >= 0.3 is 0 Å². The highest BCUT2D eigenvalue weighted by Crippen LogP contribution is 2.25. The molecule has 0 saturated carbocycles. The molecule has 8 heteroatoms. The van der Waals surface area contributed by atoms with Crippen LogP contribution in [0.2, 0.25) is 0 Å². The van der Waals surface area contributed by atoms with Crippen molar-refractivity contribution >= 4 is 11.4 Å². The van der Waals surface area contributed by atoms with Gasteiger partial charge in [0.15, 0.2) is 5.43 Å². The predicted octanol–water partition coefficient (Wildman–Crippen LogP) is 6.25. The van der Waals surface area contributed by atoms with Crippen molar-refractivity contribution in [2.45, 2.75) is 75.2 Å². The van der Waals surface area contributed by atoms with Gasteiger partial charge in [-0.15, -0.1) is 0 Å². The molecule has 1 saturated heterocycles. The van der Waals surface area contributed by atoms with Gasteiger partial charge in [-0.05, 0) is 31.2 Å². The summed E-state index contributed by atoms with van der Waals surface area (Å²) in [5.74, 6) is 0. The Morgan fingerprint density at radius 1 is 0.822 bits per heavy atom. The van der Waals surface area contributed by atoms with E-state index in [9.17, 15) is 4.79 Å². The fourth-order valence-electron chi connectivity index (χ4n) is 4.44. The summed E-state index contributed by atoms with van der Waals surface area (Å²) >= 11 is 0. The molecule has 0 atom stereocenters. The van der Waals surface area contributed by atoms with Crippen molar-refractivity contribution in [2.75, 3.05) is 83.8 Å². The first-order chi connectivity index (χ1) is 21.6. The van der Waals surface area contributed by atoms with Crippen molar-refractivity contribution in [3.8, 4) is 22.8 Å². The first-order valence-electron chi connectivity index (χ1n) is 17.3. The van der Waals surface area contributed by atoms with E-state index in [1.807, 2.05) is 46.2 Å². The molecular formula is C37H67N7O+2. The lowest BCUT2D eigenvalue weighted by molar-refractivity contribution is -0.890. The van der Waals surface area contributed by atoms with Gasteiger partial charge in [0.25, 0.3) is 0 Å². The normalized spacial score (nSPS) is 13.1. The summed E-state index contributed by atoms with van der Waals surface area (Å²) in [6.07, 6.45) is 6.14. The van der Waals surface area contributed by atoms with Crippen molar-refractivity contribution in [3.05, 3.63) is 59.0 Å². The van der Waals surface area contributed by atoms with Gasteiger partial charge in [-0.2, -0.15) is 0 Å². The molecule has 4 rings (SSSR count). The number of quaternary nitrogens is 2. The van der Waals surface area contributed by atoms with E-state index in [0.29, 0.717) is 11.4 Å². The van der Waals surface area contributed by atoms with Crippen LogP contribution in [0.3, 0.4) is 0 Å². The van der Waals surface area contributed by atoms with Crippen molar-refractivity contribution in [2.24, 2.45) is 0 Å². The van der Waals surface area contributed by atoms with Gasteiger partial charge in [-0.1, -0.05) is 68.2 Å². The van der Waals surface area contributed by atoms with Crippen LogP contribution in [0.5, 0.6) is 0 Å². The van der Waals surface area contributed by atoms with Crippen LogP contribution in [0, 0.1) is 0 Å². The summed E-state index contributed by atoms with van der Waals surface area (Å²) in [6, 6.07) is 11.5. The van der Waals surface area contributed by atoms with Crippen LogP contribution in [0.1, 0.15) is 75.2 Å². The minimum Gasteiger partial charge on any atom is -0.366 e. The summed E-state index contributed by atoms with van der Waals surface area (Å²) in [7, 11) is 8.88. The lowest BCUT2D eigenvalue weighted by atomic mass is 10.1. The van der Waals surface area contributed by atoms with Crippen LogP contribution >= 0.6 is 0 Å². The number of pyridine rings is 3. The molecule has 0 aromatic carbocycles. The Morgan fingerprint density at radius 3 is 1.80 bits per heavy atom. The minimum atomic E-state index is -0.0614. The highest BCUT2D eigenvalue weighted by molar-refractivity contribution is 5.67. The van der Waals surface area contributed by atoms with Crippen LogP contribution in [0.25, 0.3) is 22.8 Å². The highest BCUT2D eigenvalue weighted by atomic mass is 16.1. The van der Waals surface area contributed by atoms with Gasteiger partial charge in [-0.25, -0.2) is 0 Å².